The molecule has 0 fully saturated rings. The molecule has 0 saturated carbocycles. The molecule has 5 rings (SSSR count). The highest BCUT2D eigenvalue weighted by Gasteiger charge is 2.33. The summed E-state index contributed by atoms with van der Waals surface area (Å²) in [5.74, 6) is -0.178. The van der Waals surface area contributed by atoms with E-state index in [1.54, 1.807) is 17.1 Å². The van der Waals surface area contributed by atoms with Crippen LogP contribution in [-0.2, 0) is 17.6 Å². The highest BCUT2D eigenvalue weighted by Crippen LogP contribution is 2.40. The number of carbonyl (C=O) groups is 1. The summed E-state index contributed by atoms with van der Waals surface area (Å²) in [6, 6.07) is 25.4. The van der Waals surface area contributed by atoms with Crippen LogP contribution in [0, 0.1) is 0 Å². The lowest BCUT2D eigenvalue weighted by atomic mass is 9.96. The van der Waals surface area contributed by atoms with Crippen molar-refractivity contribution in [3.05, 3.63) is 111 Å². The lowest BCUT2D eigenvalue weighted by Gasteiger charge is -2.25. The predicted molar refractivity (Wildman–Crippen MR) is 155 cm³/mol. The first kappa shape index (κ1) is 25.6. The van der Waals surface area contributed by atoms with Crippen LogP contribution in [0.4, 0.5) is 5.69 Å². The van der Waals surface area contributed by atoms with Gasteiger partial charge in [-0.05, 0) is 70.6 Å². The Labute approximate surface area is 231 Å². The number of hydrogen-bond donors (Lipinski definition) is 1. The predicted octanol–water partition coefficient (Wildman–Crippen LogP) is 8.03. The second-order valence-corrected chi connectivity index (χ2v) is 10.3. The molecule has 1 aliphatic heterocycles. The second kappa shape index (κ2) is 11.1. The first-order chi connectivity index (χ1) is 17.9. The van der Waals surface area contributed by atoms with E-state index in [1.807, 2.05) is 30.3 Å². The second-order valence-electron chi connectivity index (χ2n) is 9.05. The summed E-state index contributed by atoms with van der Waals surface area (Å²) in [6.07, 6.45) is 2.15. The van der Waals surface area contributed by atoms with Gasteiger partial charge in [-0.15, -0.1) is 0 Å². The Morgan fingerprint density at radius 2 is 1.65 bits per heavy atom. The number of aryl methyl sites for hydroxylation is 1. The van der Waals surface area contributed by atoms with Gasteiger partial charge >= 0.3 is 0 Å². The fourth-order valence-corrected chi connectivity index (χ4v) is 5.52. The molecule has 4 nitrogen and oxygen atoms in total. The van der Waals surface area contributed by atoms with E-state index in [0.717, 1.165) is 18.4 Å². The van der Waals surface area contributed by atoms with Gasteiger partial charge in [0.25, 0.3) is 5.91 Å². The van der Waals surface area contributed by atoms with Crippen molar-refractivity contribution in [3.63, 3.8) is 0 Å². The Bertz CT molecular complexity index is 1480. The van der Waals surface area contributed by atoms with E-state index in [9.17, 15) is 4.79 Å². The first-order valence-electron chi connectivity index (χ1n) is 12.3. The van der Waals surface area contributed by atoms with E-state index < -0.39 is 0 Å². The van der Waals surface area contributed by atoms with Crippen LogP contribution in [0.5, 0.6) is 0 Å². The summed E-state index contributed by atoms with van der Waals surface area (Å²) in [7, 11) is 0. The van der Waals surface area contributed by atoms with Gasteiger partial charge < -0.3 is 5.32 Å². The minimum atomic E-state index is -0.193. The molecule has 1 atom stereocenters. The van der Waals surface area contributed by atoms with Gasteiger partial charge in [0.05, 0.1) is 16.8 Å². The zero-order chi connectivity index (χ0) is 25.9. The van der Waals surface area contributed by atoms with Crippen LogP contribution < -0.4 is 10.3 Å². The van der Waals surface area contributed by atoms with E-state index in [4.69, 9.17) is 39.9 Å². The third-order valence-corrected chi connectivity index (χ3v) is 7.51. The van der Waals surface area contributed by atoms with E-state index in [0.29, 0.717) is 39.4 Å². The van der Waals surface area contributed by atoms with Crippen molar-refractivity contribution < 1.29 is 4.79 Å². The summed E-state index contributed by atoms with van der Waals surface area (Å²) in [4.78, 5) is 13.2. The zero-order valence-corrected chi connectivity index (χ0v) is 22.6. The van der Waals surface area contributed by atoms with E-state index in [1.165, 1.54) is 21.9 Å². The van der Waals surface area contributed by atoms with Gasteiger partial charge in [-0.2, -0.15) is 5.10 Å². The molecular weight excluding hydrogens is 525 g/mol. The molecule has 0 spiro atoms. The maximum atomic E-state index is 13.2. The Kier molecular flexibility index (Phi) is 7.71. The van der Waals surface area contributed by atoms with Crippen LogP contribution in [0.3, 0.4) is 0 Å². The van der Waals surface area contributed by atoms with Gasteiger partial charge in [0.1, 0.15) is 5.71 Å². The highest BCUT2D eigenvalue weighted by atomic mass is 35.5. The van der Waals surface area contributed by atoms with Crippen molar-refractivity contribution in [2.75, 3.05) is 11.6 Å². The molecule has 0 aliphatic carbocycles. The Hall–Kier alpha value is -3.05. The van der Waals surface area contributed by atoms with Crippen molar-refractivity contribution in [1.29, 1.82) is 0 Å². The van der Waals surface area contributed by atoms with Gasteiger partial charge in [0, 0.05) is 23.0 Å². The molecule has 37 heavy (non-hydrogen) atoms. The van der Waals surface area contributed by atoms with Gasteiger partial charge in [-0.25, -0.2) is 0 Å². The summed E-state index contributed by atoms with van der Waals surface area (Å²) < 4.78 is 0. The lowest BCUT2D eigenvalue weighted by molar-refractivity contribution is -0.114. The normalized spacial score (nSPS) is 15.2. The van der Waals surface area contributed by atoms with Crippen LogP contribution in [-0.4, -0.2) is 18.2 Å². The van der Waals surface area contributed by atoms with Crippen LogP contribution in [0.15, 0.2) is 84.0 Å². The molecule has 1 aliphatic rings. The molecule has 1 N–H and O–H groups in total. The maximum Gasteiger partial charge on any atom is 0.267 e. The zero-order valence-electron chi connectivity index (χ0n) is 20.3. The monoisotopic (exact) mass is 549 g/mol. The fraction of sp³-hybridized carbons (Fsp3) is 0.200. The number of amides is 1. The summed E-state index contributed by atoms with van der Waals surface area (Å²) >= 11 is 18.8. The highest BCUT2D eigenvalue weighted by molar-refractivity contribution is 6.40. The third-order valence-electron chi connectivity index (χ3n) is 6.72. The summed E-state index contributed by atoms with van der Waals surface area (Å²) in [5, 5.41) is 13.8. The number of rotatable bonds is 7. The molecule has 188 valence electrons. The number of fused-ring (bicyclic) bond motifs is 1. The molecule has 0 bridgehead atoms. The first-order valence-corrected chi connectivity index (χ1v) is 13.4. The van der Waals surface area contributed by atoms with Crippen LogP contribution in [0.1, 0.15) is 36.1 Å². The summed E-state index contributed by atoms with van der Waals surface area (Å²) in [6.45, 7) is 2.68. The number of carbonyl (C=O) groups excluding carboxylic acids is 1. The van der Waals surface area contributed by atoms with Crippen molar-refractivity contribution >= 4 is 62.9 Å². The van der Waals surface area contributed by atoms with E-state index in [-0.39, 0.29) is 11.9 Å². The average molecular weight is 551 g/mol. The van der Waals surface area contributed by atoms with Gasteiger partial charge in [-0.3, -0.25) is 9.80 Å². The van der Waals surface area contributed by atoms with Gasteiger partial charge in [0.15, 0.2) is 0 Å². The number of hydrogen-bond acceptors (Lipinski definition) is 3. The van der Waals surface area contributed by atoms with E-state index in [2.05, 4.69) is 48.6 Å². The SMILES string of the molecule is CCc1cccc2cccc(CCNC(=O)C3=NN(c4ccc(Cl)cc4Cl)C(c4ccc(Cl)cc4)C3)c12. The lowest BCUT2D eigenvalue weighted by Crippen LogP contribution is -2.32. The molecule has 0 radical (unpaired) electrons. The van der Waals surface area contributed by atoms with Crippen molar-refractivity contribution in [2.24, 2.45) is 5.10 Å². The van der Waals surface area contributed by atoms with Gasteiger partial charge in [0.2, 0.25) is 0 Å². The average Bonchev–Trinajstić information content (AvgIpc) is 3.34. The molecule has 4 aromatic rings. The molecule has 1 amide bonds. The largest absolute Gasteiger partial charge is 0.351 e. The fourth-order valence-electron chi connectivity index (χ4n) is 4.90. The number of nitrogens with zero attached hydrogens (tertiary/aromatic N) is 2. The van der Waals surface area contributed by atoms with E-state index >= 15 is 0 Å². The number of benzene rings is 4. The van der Waals surface area contributed by atoms with Crippen molar-refractivity contribution in [1.82, 2.24) is 5.32 Å². The van der Waals surface area contributed by atoms with Crippen LogP contribution in [0.2, 0.25) is 15.1 Å². The molecule has 7 heteroatoms. The summed E-state index contributed by atoms with van der Waals surface area (Å²) in [5.41, 5.74) is 4.69. The molecule has 1 heterocycles. The van der Waals surface area contributed by atoms with Gasteiger partial charge in [-0.1, -0.05) is 90.3 Å². The van der Waals surface area contributed by atoms with Crippen LogP contribution >= 0.6 is 34.8 Å². The standard InChI is InChI=1S/C30H26Cl3N3O/c1-2-19-5-3-6-21-7-4-8-22(29(19)21)15-16-34-30(37)26-18-28(20-9-11-23(31)12-10-20)36(35-26)27-14-13-24(32)17-25(27)33/h3-14,17,28H,2,15-16,18H2,1H3,(H,34,37). The molecule has 1 unspecified atom stereocenters. The smallest absolute Gasteiger partial charge is 0.267 e. The minimum Gasteiger partial charge on any atom is -0.351 e. The topological polar surface area (TPSA) is 44.7 Å². The number of anilines is 1. The Morgan fingerprint density at radius 1 is 0.946 bits per heavy atom. The molecule has 0 aromatic heterocycles. The Balaban J connectivity index is 1.36. The molecule has 0 saturated heterocycles. The molecular formula is C30H26Cl3N3O. The molecule has 4 aromatic carbocycles. The number of hydrazone groups is 1. The third kappa shape index (κ3) is 5.47. The Morgan fingerprint density at radius 3 is 2.35 bits per heavy atom. The van der Waals surface area contributed by atoms with Crippen molar-refractivity contribution in [3.8, 4) is 0 Å². The maximum absolute atomic E-state index is 13.2. The number of halogens is 3. The quantitative estimate of drug-likeness (QED) is 0.253. The number of nitrogens with one attached hydrogen (secondary N) is 1. The van der Waals surface area contributed by atoms with Crippen LogP contribution in [0.25, 0.3) is 10.8 Å². The minimum absolute atomic E-state index is 0.178. The van der Waals surface area contributed by atoms with Crippen molar-refractivity contribution in [2.45, 2.75) is 32.2 Å².